The summed E-state index contributed by atoms with van der Waals surface area (Å²) in [5.41, 5.74) is 4.13. The molecule has 0 unspecified atom stereocenters. The third-order valence-corrected chi connectivity index (χ3v) is 3.92. The second-order valence-corrected chi connectivity index (χ2v) is 6.84. The number of aryl methyl sites for hydroxylation is 1. The monoisotopic (exact) mass is 295 g/mol. The summed E-state index contributed by atoms with van der Waals surface area (Å²) in [5, 5.41) is 0.645. The summed E-state index contributed by atoms with van der Waals surface area (Å²) in [4.78, 5) is 19.9. The van der Waals surface area contributed by atoms with Crippen molar-refractivity contribution in [1.82, 2.24) is 14.5 Å². The van der Waals surface area contributed by atoms with Crippen molar-refractivity contribution in [2.24, 2.45) is 0 Å². The molecule has 3 rings (SSSR count). The fourth-order valence-electron chi connectivity index (χ4n) is 2.59. The molecule has 0 fully saturated rings. The lowest BCUT2D eigenvalue weighted by Crippen LogP contribution is -2.20. The lowest BCUT2D eigenvalue weighted by atomic mass is 9.87. The van der Waals surface area contributed by atoms with Crippen LogP contribution in [0.5, 0.6) is 0 Å². The van der Waals surface area contributed by atoms with E-state index in [4.69, 9.17) is 0 Å². The van der Waals surface area contributed by atoms with Crippen LogP contribution in [0.3, 0.4) is 0 Å². The molecule has 3 aromatic rings. The number of aromatic amines is 1. The van der Waals surface area contributed by atoms with E-state index in [2.05, 4.69) is 55.0 Å². The van der Waals surface area contributed by atoms with Gasteiger partial charge in [0.05, 0.1) is 11.9 Å². The third kappa shape index (κ3) is 2.69. The number of rotatable bonds is 2. The zero-order valence-corrected chi connectivity index (χ0v) is 13.5. The number of nitrogens with one attached hydrogen (secondary N) is 1. The minimum Gasteiger partial charge on any atom is -0.343 e. The predicted octanol–water partition coefficient (Wildman–Crippen LogP) is 3.38. The molecular formula is C18H21N3O. The fraction of sp³-hybridized carbons (Fsp3) is 0.333. The molecule has 0 spiro atoms. The van der Waals surface area contributed by atoms with Crippen LogP contribution >= 0.6 is 0 Å². The second-order valence-electron chi connectivity index (χ2n) is 6.84. The summed E-state index contributed by atoms with van der Waals surface area (Å²) in [7, 11) is 0. The molecule has 22 heavy (non-hydrogen) atoms. The molecule has 4 nitrogen and oxygen atoms in total. The number of hydrogen-bond donors (Lipinski definition) is 1. The van der Waals surface area contributed by atoms with Crippen molar-refractivity contribution in [2.75, 3.05) is 0 Å². The molecule has 114 valence electrons. The summed E-state index contributed by atoms with van der Waals surface area (Å²) >= 11 is 0. The summed E-state index contributed by atoms with van der Waals surface area (Å²) in [6.07, 6.45) is 1.61. The summed E-state index contributed by atoms with van der Waals surface area (Å²) < 4.78 is 1.65. The molecule has 0 saturated heterocycles. The molecule has 0 bridgehead atoms. The van der Waals surface area contributed by atoms with Gasteiger partial charge in [0.15, 0.2) is 0 Å². The summed E-state index contributed by atoms with van der Waals surface area (Å²) in [5.74, 6) is 0. The summed E-state index contributed by atoms with van der Waals surface area (Å²) in [6.45, 7) is 9.04. The zero-order valence-electron chi connectivity index (χ0n) is 13.5. The van der Waals surface area contributed by atoms with Crippen LogP contribution in [0.15, 0.2) is 41.5 Å². The lowest BCUT2D eigenvalue weighted by Gasteiger charge is -2.19. The molecule has 2 aromatic heterocycles. The Morgan fingerprint density at radius 1 is 1.18 bits per heavy atom. The average molecular weight is 295 g/mol. The summed E-state index contributed by atoms with van der Waals surface area (Å²) in [6, 6.07) is 10.3. The third-order valence-electron chi connectivity index (χ3n) is 3.92. The lowest BCUT2D eigenvalue weighted by molar-refractivity contribution is 0.589. The predicted molar refractivity (Wildman–Crippen MR) is 89.3 cm³/mol. The number of H-pyrrole nitrogens is 1. The van der Waals surface area contributed by atoms with Crippen molar-refractivity contribution in [1.29, 1.82) is 0 Å². The minimum absolute atomic E-state index is 0.00533. The van der Waals surface area contributed by atoms with Crippen LogP contribution in [0.2, 0.25) is 0 Å². The molecule has 4 heteroatoms. The number of nitrogens with zero attached hydrogens (tertiary/aromatic N) is 2. The molecular weight excluding hydrogens is 274 g/mol. The highest BCUT2D eigenvalue weighted by molar-refractivity contribution is 5.75. The highest BCUT2D eigenvalue weighted by Crippen LogP contribution is 2.22. The molecule has 0 saturated carbocycles. The molecule has 0 aliphatic carbocycles. The first-order valence-electron chi connectivity index (χ1n) is 7.49. The topological polar surface area (TPSA) is 50.7 Å². The van der Waals surface area contributed by atoms with Crippen molar-refractivity contribution in [2.45, 2.75) is 39.7 Å². The Morgan fingerprint density at radius 2 is 1.86 bits per heavy atom. The van der Waals surface area contributed by atoms with Gasteiger partial charge in [0, 0.05) is 5.69 Å². The van der Waals surface area contributed by atoms with Gasteiger partial charge >= 0.3 is 0 Å². The van der Waals surface area contributed by atoms with Crippen molar-refractivity contribution in [3.8, 4) is 0 Å². The largest absolute Gasteiger partial charge is 0.343 e. The maximum atomic E-state index is 12.5. The maximum Gasteiger partial charge on any atom is 0.263 e. The molecule has 1 aromatic carbocycles. The molecule has 0 radical (unpaired) electrons. The van der Waals surface area contributed by atoms with Crippen LogP contribution < -0.4 is 5.56 Å². The van der Waals surface area contributed by atoms with Gasteiger partial charge < -0.3 is 4.98 Å². The van der Waals surface area contributed by atoms with E-state index in [0.717, 1.165) is 11.3 Å². The molecule has 2 heterocycles. The van der Waals surface area contributed by atoms with Gasteiger partial charge in [-0.05, 0) is 29.5 Å². The van der Waals surface area contributed by atoms with Crippen LogP contribution in [-0.2, 0) is 12.0 Å². The molecule has 0 aliphatic rings. The quantitative estimate of drug-likeness (QED) is 0.788. The van der Waals surface area contributed by atoms with E-state index in [9.17, 15) is 4.79 Å². The average Bonchev–Trinajstić information content (AvgIpc) is 2.83. The van der Waals surface area contributed by atoms with E-state index in [0.29, 0.717) is 17.6 Å². The van der Waals surface area contributed by atoms with E-state index in [1.807, 2.05) is 13.0 Å². The van der Waals surface area contributed by atoms with E-state index in [-0.39, 0.29) is 11.0 Å². The Labute approximate surface area is 129 Å². The normalized spacial score (nSPS) is 12.0. The van der Waals surface area contributed by atoms with Crippen LogP contribution in [0.4, 0.5) is 0 Å². The molecule has 0 atom stereocenters. The minimum atomic E-state index is -0.00533. The van der Waals surface area contributed by atoms with Crippen LogP contribution in [-0.4, -0.2) is 14.5 Å². The highest BCUT2D eigenvalue weighted by Gasteiger charge is 2.13. The Hall–Kier alpha value is -2.36. The van der Waals surface area contributed by atoms with Crippen molar-refractivity contribution >= 4 is 11.0 Å². The van der Waals surface area contributed by atoms with Gasteiger partial charge in [-0.2, -0.15) is 0 Å². The fourth-order valence-corrected chi connectivity index (χ4v) is 2.59. The van der Waals surface area contributed by atoms with E-state index in [1.54, 1.807) is 10.9 Å². The number of fused-ring (bicyclic) bond motifs is 1. The van der Waals surface area contributed by atoms with Gasteiger partial charge in [-0.15, -0.1) is 0 Å². The van der Waals surface area contributed by atoms with Gasteiger partial charge in [0.25, 0.3) is 5.56 Å². The second kappa shape index (κ2) is 5.13. The number of aromatic nitrogens is 3. The van der Waals surface area contributed by atoms with E-state index >= 15 is 0 Å². The van der Waals surface area contributed by atoms with Crippen molar-refractivity contribution < 1.29 is 0 Å². The van der Waals surface area contributed by atoms with E-state index < -0.39 is 0 Å². The molecule has 1 N–H and O–H groups in total. The van der Waals surface area contributed by atoms with Crippen LogP contribution in [0, 0.1) is 6.92 Å². The Balaban J connectivity index is 1.93. The molecule has 0 aliphatic heterocycles. The van der Waals surface area contributed by atoms with Crippen molar-refractivity contribution in [3.05, 3.63) is 63.8 Å². The Bertz CT molecular complexity index is 864. The standard InChI is InChI=1S/C18H21N3O/c1-12-9-15-16(20-12)19-11-21(17(15)22)10-13-5-7-14(8-6-13)18(2,3)4/h5-9,11,20H,10H2,1-4H3. The zero-order chi connectivity index (χ0) is 15.9. The van der Waals surface area contributed by atoms with E-state index in [1.165, 1.54) is 5.56 Å². The molecule has 0 amide bonds. The SMILES string of the molecule is Cc1cc2c(=O)n(Cc3ccc(C(C)(C)C)cc3)cnc2[nH]1. The first-order chi connectivity index (χ1) is 10.3. The Kier molecular flexibility index (Phi) is 3.39. The van der Waals surface area contributed by atoms with Crippen LogP contribution in [0.25, 0.3) is 11.0 Å². The van der Waals surface area contributed by atoms with Gasteiger partial charge in [0.1, 0.15) is 12.0 Å². The van der Waals surface area contributed by atoms with Crippen molar-refractivity contribution in [3.63, 3.8) is 0 Å². The maximum absolute atomic E-state index is 12.5. The van der Waals surface area contributed by atoms with Gasteiger partial charge in [-0.1, -0.05) is 45.0 Å². The van der Waals surface area contributed by atoms with Gasteiger partial charge in [-0.3, -0.25) is 9.36 Å². The first kappa shape index (κ1) is 14.6. The Morgan fingerprint density at radius 3 is 2.50 bits per heavy atom. The first-order valence-corrected chi connectivity index (χ1v) is 7.49. The number of benzene rings is 1. The number of hydrogen-bond acceptors (Lipinski definition) is 2. The van der Waals surface area contributed by atoms with Gasteiger partial charge in [-0.25, -0.2) is 4.98 Å². The highest BCUT2D eigenvalue weighted by atomic mass is 16.1. The van der Waals surface area contributed by atoms with Crippen LogP contribution in [0.1, 0.15) is 37.6 Å². The van der Waals surface area contributed by atoms with Gasteiger partial charge in [0.2, 0.25) is 0 Å². The smallest absolute Gasteiger partial charge is 0.263 e.